The second-order valence-electron chi connectivity index (χ2n) is 6.12. The van der Waals surface area contributed by atoms with E-state index in [0.29, 0.717) is 0 Å². The van der Waals surface area contributed by atoms with E-state index in [1.807, 2.05) is 26.8 Å². The highest BCUT2D eigenvalue weighted by Gasteiger charge is 2.24. The molecule has 0 aliphatic heterocycles. The van der Waals surface area contributed by atoms with E-state index < -0.39 is 5.60 Å². The summed E-state index contributed by atoms with van der Waals surface area (Å²) in [7, 11) is 1.67. The SMILES string of the molecule is COc1ccc2c(c1)C(NCC(=O)OC(C)(C)C)CC2. The number of fused-ring (bicyclic) bond motifs is 1. The van der Waals surface area contributed by atoms with E-state index in [1.165, 1.54) is 11.1 Å². The van der Waals surface area contributed by atoms with Crippen LogP contribution in [-0.2, 0) is 16.0 Å². The molecule has 0 spiro atoms. The molecule has 0 radical (unpaired) electrons. The summed E-state index contributed by atoms with van der Waals surface area (Å²) in [5.74, 6) is 0.642. The molecule has 110 valence electrons. The molecule has 1 aliphatic carbocycles. The molecule has 4 heteroatoms. The minimum atomic E-state index is -0.435. The lowest BCUT2D eigenvalue weighted by atomic mass is 10.1. The number of rotatable bonds is 4. The summed E-state index contributed by atoms with van der Waals surface area (Å²) < 4.78 is 10.6. The third-order valence-electron chi connectivity index (χ3n) is 3.34. The summed E-state index contributed by atoms with van der Waals surface area (Å²) in [5.41, 5.74) is 2.12. The van der Waals surface area contributed by atoms with Crippen molar-refractivity contribution in [2.75, 3.05) is 13.7 Å². The van der Waals surface area contributed by atoms with Crippen molar-refractivity contribution in [2.24, 2.45) is 0 Å². The Morgan fingerprint density at radius 2 is 2.15 bits per heavy atom. The van der Waals surface area contributed by atoms with Gasteiger partial charge in [0.2, 0.25) is 0 Å². The molecular weight excluding hydrogens is 254 g/mol. The van der Waals surface area contributed by atoms with Gasteiger partial charge in [0, 0.05) is 6.04 Å². The molecule has 2 rings (SSSR count). The Morgan fingerprint density at radius 1 is 1.40 bits per heavy atom. The average molecular weight is 277 g/mol. The van der Waals surface area contributed by atoms with E-state index >= 15 is 0 Å². The normalized spacial score (nSPS) is 17.7. The molecule has 20 heavy (non-hydrogen) atoms. The number of esters is 1. The number of carbonyl (C=O) groups is 1. The second kappa shape index (κ2) is 5.83. The molecule has 0 saturated heterocycles. The largest absolute Gasteiger partial charge is 0.497 e. The second-order valence-corrected chi connectivity index (χ2v) is 6.12. The number of nitrogens with one attached hydrogen (secondary N) is 1. The minimum absolute atomic E-state index is 0.201. The van der Waals surface area contributed by atoms with Gasteiger partial charge in [0.25, 0.3) is 0 Å². The van der Waals surface area contributed by atoms with Crippen molar-refractivity contribution in [3.63, 3.8) is 0 Å². The zero-order chi connectivity index (χ0) is 14.8. The van der Waals surface area contributed by atoms with Crippen molar-refractivity contribution < 1.29 is 14.3 Å². The van der Waals surface area contributed by atoms with Gasteiger partial charge in [0.15, 0.2) is 0 Å². The van der Waals surface area contributed by atoms with Gasteiger partial charge in [-0.2, -0.15) is 0 Å². The summed E-state index contributed by atoms with van der Waals surface area (Å²) in [6.07, 6.45) is 2.04. The molecule has 0 aromatic heterocycles. The van der Waals surface area contributed by atoms with E-state index in [0.717, 1.165) is 18.6 Å². The number of carbonyl (C=O) groups excluding carboxylic acids is 1. The summed E-state index contributed by atoms with van der Waals surface area (Å²) in [5, 5.41) is 3.28. The van der Waals surface area contributed by atoms with Crippen LogP contribution in [-0.4, -0.2) is 25.2 Å². The molecule has 4 nitrogen and oxygen atoms in total. The van der Waals surface area contributed by atoms with Crippen LogP contribution in [0.5, 0.6) is 5.75 Å². The van der Waals surface area contributed by atoms with Crippen molar-refractivity contribution in [1.29, 1.82) is 0 Å². The Labute approximate surface area is 120 Å². The Morgan fingerprint density at radius 3 is 2.80 bits per heavy atom. The number of methoxy groups -OCH3 is 1. The summed E-state index contributed by atoms with van der Waals surface area (Å²) in [6, 6.07) is 6.33. The minimum Gasteiger partial charge on any atom is -0.497 e. The van der Waals surface area contributed by atoms with Crippen LogP contribution in [0, 0.1) is 0 Å². The van der Waals surface area contributed by atoms with Gasteiger partial charge in [0.1, 0.15) is 11.4 Å². The Kier molecular flexibility index (Phi) is 4.33. The first-order valence-corrected chi connectivity index (χ1v) is 7.01. The van der Waals surface area contributed by atoms with Gasteiger partial charge in [-0.3, -0.25) is 4.79 Å². The van der Waals surface area contributed by atoms with Crippen LogP contribution in [0.3, 0.4) is 0 Å². The van der Waals surface area contributed by atoms with Gasteiger partial charge in [-0.1, -0.05) is 6.07 Å². The maximum Gasteiger partial charge on any atom is 0.320 e. The predicted octanol–water partition coefficient (Wildman–Crippen LogP) is 2.61. The first-order valence-electron chi connectivity index (χ1n) is 7.01. The highest BCUT2D eigenvalue weighted by atomic mass is 16.6. The number of hydrogen-bond donors (Lipinski definition) is 1. The Hall–Kier alpha value is -1.55. The topological polar surface area (TPSA) is 47.6 Å². The van der Waals surface area contributed by atoms with E-state index in [4.69, 9.17) is 9.47 Å². The number of aryl methyl sites for hydroxylation is 1. The number of hydrogen-bond acceptors (Lipinski definition) is 4. The van der Waals surface area contributed by atoms with Crippen LogP contribution in [0.2, 0.25) is 0 Å². The molecule has 1 unspecified atom stereocenters. The molecule has 1 aromatic carbocycles. The number of benzene rings is 1. The Bertz CT molecular complexity index is 491. The highest BCUT2D eigenvalue weighted by Crippen LogP contribution is 2.33. The molecule has 0 heterocycles. The van der Waals surface area contributed by atoms with Gasteiger partial charge in [-0.25, -0.2) is 0 Å². The monoisotopic (exact) mass is 277 g/mol. The maximum atomic E-state index is 11.7. The van der Waals surface area contributed by atoms with Gasteiger partial charge in [0.05, 0.1) is 13.7 Å². The van der Waals surface area contributed by atoms with E-state index in [1.54, 1.807) is 7.11 Å². The summed E-state index contributed by atoms with van der Waals surface area (Å²) in [4.78, 5) is 11.7. The zero-order valence-electron chi connectivity index (χ0n) is 12.7. The summed E-state index contributed by atoms with van der Waals surface area (Å²) >= 11 is 0. The van der Waals surface area contributed by atoms with Crippen LogP contribution in [0.4, 0.5) is 0 Å². The fourth-order valence-corrected chi connectivity index (χ4v) is 2.50. The van der Waals surface area contributed by atoms with E-state index in [2.05, 4.69) is 17.4 Å². The molecule has 0 amide bonds. The molecular formula is C16H23NO3. The fourth-order valence-electron chi connectivity index (χ4n) is 2.50. The van der Waals surface area contributed by atoms with Crippen molar-refractivity contribution in [3.8, 4) is 5.75 Å². The van der Waals surface area contributed by atoms with E-state index in [9.17, 15) is 4.79 Å². The molecule has 0 bridgehead atoms. The van der Waals surface area contributed by atoms with E-state index in [-0.39, 0.29) is 18.6 Å². The molecule has 0 saturated carbocycles. The van der Waals surface area contributed by atoms with Gasteiger partial charge in [-0.05, 0) is 56.9 Å². The highest BCUT2D eigenvalue weighted by molar-refractivity contribution is 5.72. The quantitative estimate of drug-likeness (QED) is 0.859. The van der Waals surface area contributed by atoms with Crippen molar-refractivity contribution in [3.05, 3.63) is 29.3 Å². The predicted molar refractivity (Wildman–Crippen MR) is 77.9 cm³/mol. The molecule has 1 N–H and O–H groups in total. The smallest absolute Gasteiger partial charge is 0.320 e. The van der Waals surface area contributed by atoms with Gasteiger partial charge >= 0.3 is 5.97 Å². The lowest BCUT2D eigenvalue weighted by Gasteiger charge is -2.21. The standard InChI is InChI=1S/C16H23NO3/c1-16(2,3)20-15(18)10-17-14-8-6-11-5-7-12(19-4)9-13(11)14/h5,7,9,14,17H,6,8,10H2,1-4H3. The van der Waals surface area contributed by atoms with Crippen LogP contribution >= 0.6 is 0 Å². The fraction of sp³-hybridized carbons (Fsp3) is 0.562. The zero-order valence-corrected chi connectivity index (χ0v) is 12.7. The lowest BCUT2D eigenvalue weighted by molar-refractivity contribution is -0.153. The van der Waals surface area contributed by atoms with Crippen LogP contribution < -0.4 is 10.1 Å². The third-order valence-corrected chi connectivity index (χ3v) is 3.34. The first kappa shape index (κ1) is 14.9. The lowest BCUT2D eigenvalue weighted by Crippen LogP contribution is -2.32. The summed E-state index contributed by atoms with van der Waals surface area (Å²) in [6.45, 7) is 5.86. The first-order chi connectivity index (χ1) is 9.39. The number of ether oxygens (including phenoxy) is 2. The molecule has 1 atom stereocenters. The average Bonchev–Trinajstić information content (AvgIpc) is 2.76. The van der Waals surface area contributed by atoms with Gasteiger partial charge in [-0.15, -0.1) is 0 Å². The molecule has 1 aromatic rings. The van der Waals surface area contributed by atoms with Crippen molar-refractivity contribution >= 4 is 5.97 Å². The third kappa shape index (κ3) is 3.73. The van der Waals surface area contributed by atoms with Gasteiger partial charge < -0.3 is 14.8 Å². The van der Waals surface area contributed by atoms with Crippen molar-refractivity contribution in [2.45, 2.75) is 45.3 Å². The maximum absolute atomic E-state index is 11.7. The van der Waals surface area contributed by atoms with Crippen LogP contribution in [0.25, 0.3) is 0 Å². The molecule has 0 fully saturated rings. The van der Waals surface area contributed by atoms with Crippen molar-refractivity contribution in [1.82, 2.24) is 5.32 Å². The molecule has 1 aliphatic rings. The van der Waals surface area contributed by atoms with Crippen LogP contribution in [0.1, 0.15) is 44.4 Å². The van der Waals surface area contributed by atoms with Crippen LogP contribution in [0.15, 0.2) is 18.2 Å². The Balaban J connectivity index is 1.95.